The predicted octanol–water partition coefficient (Wildman–Crippen LogP) is 1.10. The van der Waals surface area contributed by atoms with E-state index < -0.39 is 33.0 Å². The van der Waals surface area contributed by atoms with Crippen molar-refractivity contribution in [3.8, 4) is 0 Å². The van der Waals surface area contributed by atoms with Crippen LogP contribution in [-0.2, 0) is 19.4 Å². The summed E-state index contributed by atoms with van der Waals surface area (Å²) >= 11 is 0. The van der Waals surface area contributed by atoms with Gasteiger partial charge in [-0.2, -0.15) is 0 Å². The number of aliphatic carboxylic acids is 1. The molecule has 0 heterocycles. The summed E-state index contributed by atoms with van der Waals surface area (Å²) in [4.78, 5) is 23.4. The molecule has 0 spiro atoms. The lowest BCUT2D eigenvalue weighted by molar-refractivity contribution is -0.148. The molecule has 0 aromatic rings. The molecule has 1 aliphatic rings. The van der Waals surface area contributed by atoms with E-state index in [-0.39, 0.29) is 5.75 Å². The molecule has 1 amide bonds. The van der Waals surface area contributed by atoms with Gasteiger partial charge < -0.3 is 10.4 Å². The van der Waals surface area contributed by atoms with Crippen LogP contribution in [0.5, 0.6) is 0 Å². The van der Waals surface area contributed by atoms with Crippen molar-refractivity contribution in [1.29, 1.82) is 0 Å². The van der Waals surface area contributed by atoms with Crippen molar-refractivity contribution >= 4 is 21.7 Å². The number of amides is 1. The Morgan fingerprint density at radius 3 is 2.15 bits per heavy atom. The van der Waals surface area contributed by atoms with Gasteiger partial charge in [0.05, 0.1) is 5.75 Å². The molecule has 0 aromatic heterocycles. The van der Waals surface area contributed by atoms with Gasteiger partial charge in [0.1, 0.15) is 11.3 Å². The number of carbonyl (C=O) groups excluding carboxylic acids is 1. The average molecular weight is 305 g/mol. The molecule has 0 bridgehead atoms. The molecule has 0 aliphatic heterocycles. The molecule has 20 heavy (non-hydrogen) atoms. The summed E-state index contributed by atoms with van der Waals surface area (Å²) in [6, 6.07) is 0. The minimum absolute atomic E-state index is 0.0551. The van der Waals surface area contributed by atoms with Gasteiger partial charge in [-0.05, 0) is 19.3 Å². The highest BCUT2D eigenvalue weighted by molar-refractivity contribution is 7.92. The molecular weight excluding hydrogens is 282 g/mol. The predicted molar refractivity (Wildman–Crippen MR) is 75.2 cm³/mol. The molecule has 1 rings (SSSR count). The van der Waals surface area contributed by atoms with Crippen LogP contribution in [0.3, 0.4) is 0 Å². The van der Waals surface area contributed by atoms with Crippen LogP contribution in [0.4, 0.5) is 0 Å². The molecule has 1 saturated carbocycles. The summed E-state index contributed by atoms with van der Waals surface area (Å²) in [6.07, 6.45) is 4.52. The molecule has 1 fully saturated rings. The summed E-state index contributed by atoms with van der Waals surface area (Å²) in [5, 5.41) is 11.9. The largest absolute Gasteiger partial charge is 0.480 e. The fraction of sp³-hybridized carbons (Fsp3) is 0.846. The Balaban J connectivity index is 2.75. The second kappa shape index (κ2) is 7.06. The molecule has 0 radical (unpaired) electrons. The highest BCUT2D eigenvalue weighted by Gasteiger charge is 2.40. The molecule has 0 atom stereocenters. The maximum absolute atomic E-state index is 11.9. The van der Waals surface area contributed by atoms with E-state index in [0.29, 0.717) is 19.3 Å². The molecule has 0 unspecified atom stereocenters. The Bertz CT molecular complexity index is 449. The van der Waals surface area contributed by atoms with Gasteiger partial charge in [-0.25, -0.2) is 13.2 Å². The number of carboxylic acid groups (broad SMARTS) is 1. The van der Waals surface area contributed by atoms with Crippen LogP contribution in [0.2, 0.25) is 0 Å². The molecular formula is C13H23NO5S. The van der Waals surface area contributed by atoms with Crippen molar-refractivity contribution in [2.45, 2.75) is 57.4 Å². The van der Waals surface area contributed by atoms with E-state index in [1.165, 1.54) is 0 Å². The Morgan fingerprint density at radius 1 is 1.15 bits per heavy atom. The molecule has 7 heteroatoms. The molecule has 0 aromatic carbocycles. The third-order valence-electron chi connectivity index (χ3n) is 3.61. The lowest BCUT2D eigenvalue weighted by Gasteiger charge is -2.29. The smallest absolute Gasteiger partial charge is 0.329 e. The van der Waals surface area contributed by atoms with Gasteiger partial charge in [0.25, 0.3) is 0 Å². The maximum atomic E-state index is 11.9. The number of rotatable bonds is 6. The fourth-order valence-corrected chi connectivity index (χ4v) is 3.85. The monoisotopic (exact) mass is 305 g/mol. The quantitative estimate of drug-likeness (QED) is 0.716. The number of hydrogen-bond donors (Lipinski definition) is 2. The first-order valence-corrected chi connectivity index (χ1v) is 8.88. The Hall–Kier alpha value is -1.11. The highest BCUT2D eigenvalue weighted by atomic mass is 32.2. The van der Waals surface area contributed by atoms with Crippen molar-refractivity contribution in [3.63, 3.8) is 0 Å². The van der Waals surface area contributed by atoms with E-state index in [4.69, 9.17) is 0 Å². The van der Waals surface area contributed by atoms with E-state index in [1.807, 2.05) is 0 Å². The maximum Gasteiger partial charge on any atom is 0.329 e. The van der Waals surface area contributed by atoms with Crippen molar-refractivity contribution in [2.75, 3.05) is 11.5 Å². The van der Waals surface area contributed by atoms with Crippen molar-refractivity contribution in [1.82, 2.24) is 5.32 Å². The zero-order valence-corrected chi connectivity index (χ0v) is 12.7. The van der Waals surface area contributed by atoms with E-state index in [1.54, 1.807) is 6.92 Å². The summed E-state index contributed by atoms with van der Waals surface area (Å²) in [6.45, 7) is 1.72. The second-order valence-electron chi connectivity index (χ2n) is 5.44. The lowest BCUT2D eigenvalue weighted by atomic mass is 9.90. The minimum atomic E-state index is -3.45. The zero-order valence-electron chi connectivity index (χ0n) is 11.9. The first kappa shape index (κ1) is 16.9. The first-order chi connectivity index (χ1) is 9.31. The van der Waals surface area contributed by atoms with Gasteiger partial charge in [-0.15, -0.1) is 0 Å². The van der Waals surface area contributed by atoms with E-state index in [2.05, 4.69) is 5.32 Å². The third-order valence-corrected chi connectivity index (χ3v) is 5.34. The van der Waals surface area contributed by atoms with Gasteiger partial charge in [0.15, 0.2) is 9.84 Å². The van der Waals surface area contributed by atoms with Crippen LogP contribution in [0.1, 0.15) is 51.9 Å². The molecule has 6 nitrogen and oxygen atoms in total. The van der Waals surface area contributed by atoms with Gasteiger partial charge >= 0.3 is 5.97 Å². The van der Waals surface area contributed by atoms with Gasteiger partial charge in [-0.3, -0.25) is 4.79 Å². The summed E-state index contributed by atoms with van der Waals surface area (Å²) in [5.74, 6) is -2.46. The number of sulfone groups is 1. The fourth-order valence-electron chi connectivity index (χ4n) is 2.61. The van der Waals surface area contributed by atoms with Crippen molar-refractivity contribution in [2.24, 2.45) is 0 Å². The third kappa shape index (κ3) is 4.77. The number of nitrogens with one attached hydrogen (secondary N) is 1. The number of hydrogen-bond acceptors (Lipinski definition) is 4. The Kier molecular flexibility index (Phi) is 5.98. The minimum Gasteiger partial charge on any atom is -0.480 e. The second-order valence-corrected chi connectivity index (χ2v) is 7.63. The van der Waals surface area contributed by atoms with Crippen LogP contribution in [-0.4, -0.2) is 42.4 Å². The van der Waals surface area contributed by atoms with Gasteiger partial charge in [0.2, 0.25) is 5.91 Å². The summed E-state index contributed by atoms with van der Waals surface area (Å²) in [7, 11) is -3.45. The van der Waals surface area contributed by atoms with E-state index in [0.717, 1.165) is 25.7 Å². The van der Waals surface area contributed by atoms with Crippen LogP contribution in [0, 0.1) is 0 Å². The number of carboxylic acids is 1. The van der Waals surface area contributed by atoms with Crippen LogP contribution >= 0.6 is 0 Å². The van der Waals surface area contributed by atoms with E-state index >= 15 is 0 Å². The molecule has 0 saturated heterocycles. The van der Waals surface area contributed by atoms with Gasteiger partial charge in [-0.1, -0.05) is 32.6 Å². The SMILES string of the molecule is CCCS(=O)(=O)CC(=O)NC1(C(=O)O)CCCCCC1. The Morgan fingerprint density at radius 2 is 1.70 bits per heavy atom. The summed E-state index contributed by atoms with van der Waals surface area (Å²) in [5.41, 5.74) is -1.30. The van der Waals surface area contributed by atoms with Crippen molar-refractivity contribution in [3.05, 3.63) is 0 Å². The van der Waals surface area contributed by atoms with E-state index in [9.17, 15) is 23.1 Å². The van der Waals surface area contributed by atoms with Crippen LogP contribution in [0.25, 0.3) is 0 Å². The first-order valence-electron chi connectivity index (χ1n) is 7.06. The topological polar surface area (TPSA) is 101 Å². The van der Waals surface area contributed by atoms with Crippen LogP contribution in [0.15, 0.2) is 0 Å². The number of carbonyl (C=O) groups is 2. The normalized spacial score (nSPS) is 19.1. The average Bonchev–Trinajstić information content (AvgIpc) is 2.54. The zero-order chi connectivity index (χ0) is 15.2. The standard InChI is InChI=1S/C13H23NO5S/c1-2-9-20(18,19)10-11(15)14-13(12(16)17)7-5-3-4-6-8-13/h2-10H2,1H3,(H,14,15)(H,16,17). The lowest BCUT2D eigenvalue weighted by Crippen LogP contribution is -2.55. The summed E-state index contributed by atoms with van der Waals surface area (Å²) < 4.78 is 23.2. The van der Waals surface area contributed by atoms with Crippen LogP contribution < -0.4 is 5.32 Å². The molecule has 1 aliphatic carbocycles. The highest BCUT2D eigenvalue weighted by Crippen LogP contribution is 2.27. The Labute approximate surface area is 119 Å². The van der Waals surface area contributed by atoms with Crippen molar-refractivity contribution < 1.29 is 23.1 Å². The molecule has 2 N–H and O–H groups in total. The molecule has 116 valence electrons. The van der Waals surface area contributed by atoms with Gasteiger partial charge in [0, 0.05) is 0 Å².